The Labute approximate surface area is 186 Å². The molecular weight excluding hydrogens is 412 g/mol. The average Bonchev–Trinajstić information content (AvgIpc) is 3.26. The second kappa shape index (κ2) is 9.27. The third kappa shape index (κ3) is 5.09. The van der Waals surface area contributed by atoms with E-state index in [2.05, 4.69) is 15.3 Å². The van der Waals surface area contributed by atoms with Gasteiger partial charge in [-0.25, -0.2) is 9.97 Å². The zero-order valence-electron chi connectivity index (χ0n) is 17.2. The minimum absolute atomic E-state index is 0.0757. The number of nitrogens with zero attached hydrogens (tertiary/aromatic N) is 3. The van der Waals surface area contributed by atoms with Gasteiger partial charge in [-0.1, -0.05) is 41.9 Å². The van der Waals surface area contributed by atoms with E-state index in [0.717, 1.165) is 12.0 Å². The summed E-state index contributed by atoms with van der Waals surface area (Å²) >= 11 is 5.88. The van der Waals surface area contributed by atoms with Crippen molar-refractivity contribution >= 4 is 29.1 Å². The number of benzene rings is 2. The maximum absolute atomic E-state index is 12.6. The topological polar surface area (TPSA) is 75.2 Å². The molecule has 2 aromatic carbocycles. The van der Waals surface area contributed by atoms with Gasteiger partial charge in [0.15, 0.2) is 0 Å². The maximum Gasteiger partial charge on any atom is 0.259 e. The number of hydrogen-bond donors (Lipinski definition) is 1. The van der Waals surface area contributed by atoms with Crippen LogP contribution in [0.3, 0.4) is 0 Å². The van der Waals surface area contributed by atoms with Gasteiger partial charge in [0, 0.05) is 35.9 Å². The van der Waals surface area contributed by atoms with Crippen molar-refractivity contribution in [2.24, 2.45) is 0 Å². The number of rotatable bonds is 5. The predicted molar refractivity (Wildman–Crippen MR) is 120 cm³/mol. The van der Waals surface area contributed by atoms with Crippen LogP contribution in [0.5, 0.6) is 0 Å². The van der Waals surface area contributed by atoms with Crippen LogP contribution in [0.1, 0.15) is 39.8 Å². The summed E-state index contributed by atoms with van der Waals surface area (Å²) in [5, 5.41) is 3.44. The number of carbonyl (C=O) groups is 2. The number of anilines is 1. The molecule has 1 aliphatic heterocycles. The van der Waals surface area contributed by atoms with E-state index in [1.54, 1.807) is 37.4 Å². The summed E-state index contributed by atoms with van der Waals surface area (Å²) in [7, 11) is 0. The smallest absolute Gasteiger partial charge is 0.259 e. The van der Waals surface area contributed by atoms with Gasteiger partial charge in [-0.2, -0.15) is 0 Å². The molecule has 2 heterocycles. The van der Waals surface area contributed by atoms with E-state index in [-0.39, 0.29) is 17.7 Å². The third-order valence-electron chi connectivity index (χ3n) is 5.45. The average molecular weight is 435 g/mol. The molecule has 1 N–H and O–H groups in total. The fourth-order valence-electron chi connectivity index (χ4n) is 3.72. The maximum atomic E-state index is 12.6. The Hall–Kier alpha value is -3.25. The van der Waals surface area contributed by atoms with Crippen LogP contribution < -0.4 is 5.32 Å². The Morgan fingerprint density at radius 2 is 1.87 bits per heavy atom. The van der Waals surface area contributed by atoms with E-state index in [9.17, 15) is 9.59 Å². The number of carbonyl (C=O) groups excluding carboxylic acids is 2. The van der Waals surface area contributed by atoms with Crippen molar-refractivity contribution in [1.82, 2.24) is 14.9 Å². The summed E-state index contributed by atoms with van der Waals surface area (Å²) < 4.78 is 0. The molecule has 0 bridgehead atoms. The number of aromatic nitrogens is 2. The second-order valence-electron chi connectivity index (χ2n) is 7.68. The lowest BCUT2D eigenvalue weighted by Gasteiger charge is -2.16. The van der Waals surface area contributed by atoms with Crippen molar-refractivity contribution in [3.8, 4) is 0 Å². The fourth-order valence-corrected chi connectivity index (χ4v) is 3.84. The molecule has 0 radical (unpaired) electrons. The van der Waals surface area contributed by atoms with Gasteiger partial charge < -0.3 is 10.2 Å². The highest BCUT2D eigenvalue weighted by Crippen LogP contribution is 2.26. The highest BCUT2D eigenvalue weighted by Gasteiger charge is 2.29. The number of amides is 2. The molecule has 1 unspecified atom stereocenters. The molecule has 6 nitrogen and oxygen atoms in total. The number of hydrogen-bond acceptors (Lipinski definition) is 4. The summed E-state index contributed by atoms with van der Waals surface area (Å²) in [4.78, 5) is 36.1. The van der Waals surface area contributed by atoms with E-state index >= 15 is 0 Å². The van der Waals surface area contributed by atoms with Gasteiger partial charge in [-0.3, -0.25) is 9.59 Å². The zero-order chi connectivity index (χ0) is 21.8. The SMILES string of the molecule is Cc1nc(C2CCN(C(=O)Cc3ccccc3)C2)ncc1C(=O)Nc1ccc(Cl)cc1. The van der Waals surface area contributed by atoms with Crippen molar-refractivity contribution in [1.29, 1.82) is 0 Å². The van der Waals surface area contributed by atoms with Gasteiger partial charge in [-0.05, 0) is 43.2 Å². The molecule has 4 rings (SSSR count). The number of likely N-dealkylation sites (tertiary alicyclic amines) is 1. The lowest BCUT2D eigenvalue weighted by Crippen LogP contribution is -2.30. The zero-order valence-corrected chi connectivity index (χ0v) is 18.0. The van der Waals surface area contributed by atoms with Gasteiger partial charge >= 0.3 is 0 Å². The largest absolute Gasteiger partial charge is 0.342 e. The van der Waals surface area contributed by atoms with Crippen LogP contribution in [0.25, 0.3) is 0 Å². The van der Waals surface area contributed by atoms with Crippen molar-refractivity contribution in [2.45, 2.75) is 25.7 Å². The molecule has 3 aromatic rings. The lowest BCUT2D eigenvalue weighted by molar-refractivity contribution is -0.129. The molecule has 1 fully saturated rings. The normalized spacial score (nSPS) is 15.7. The van der Waals surface area contributed by atoms with Crippen LogP contribution in [0.2, 0.25) is 5.02 Å². The van der Waals surface area contributed by atoms with E-state index in [4.69, 9.17) is 11.6 Å². The van der Waals surface area contributed by atoms with Crippen LogP contribution in [0.4, 0.5) is 5.69 Å². The Morgan fingerprint density at radius 3 is 2.58 bits per heavy atom. The van der Waals surface area contributed by atoms with Crippen molar-refractivity contribution in [3.63, 3.8) is 0 Å². The van der Waals surface area contributed by atoms with Gasteiger partial charge in [-0.15, -0.1) is 0 Å². The third-order valence-corrected chi connectivity index (χ3v) is 5.70. The molecule has 1 saturated heterocycles. The first-order valence-electron chi connectivity index (χ1n) is 10.2. The van der Waals surface area contributed by atoms with Gasteiger partial charge in [0.25, 0.3) is 5.91 Å². The molecule has 2 amide bonds. The molecule has 31 heavy (non-hydrogen) atoms. The van der Waals surface area contributed by atoms with E-state index < -0.39 is 0 Å². The van der Waals surface area contributed by atoms with Crippen LogP contribution in [0.15, 0.2) is 60.8 Å². The summed E-state index contributed by atoms with van der Waals surface area (Å²) in [5.74, 6) is 0.601. The Kier molecular flexibility index (Phi) is 6.28. The first-order valence-corrected chi connectivity index (χ1v) is 10.6. The van der Waals surface area contributed by atoms with Crippen LogP contribution in [-0.2, 0) is 11.2 Å². The number of nitrogens with one attached hydrogen (secondary N) is 1. The highest BCUT2D eigenvalue weighted by atomic mass is 35.5. The first-order chi connectivity index (χ1) is 15.0. The quantitative estimate of drug-likeness (QED) is 0.651. The molecule has 7 heteroatoms. The molecule has 0 spiro atoms. The van der Waals surface area contributed by atoms with Crippen molar-refractivity contribution in [2.75, 3.05) is 18.4 Å². The Bertz CT molecular complexity index is 1090. The van der Waals surface area contributed by atoms with E-state index in [1.807, 2.05) is 35.2 Å². The summed E-state index contributed by atoms with van der Waals surface area (Å²) in [6.07, 6.45) is 2.78. The lowest BCUT2D eigenvalue weighted by atomic mass is 10.1. The molecule has 0 saturated carbocycles. The molecule has 158 valence electrons. The number of halogens is 1. The molecule has 1 atom stereocenters. The van der Waals surface area contributed by atoms with Gasteiger partial charge in [0.1, 0.15) is 5.82 Å². The van der Waals surface area contributed by atoms with Crippen LogP contribution >= 0.6 is 11.6 Å². The monoisotopic (exact) mass is 434 g/mol. The van der Waals surface area contributed by atoms with Gasteiger partial charge in [0.2, 0.25) is 5.91 Å². The second-order valence-corrected chi connectivity index (χ2v) is 8.11. The standard InChI is InChI=1S/C24H23ClN4O2/c1-16-21(24(31)28-20-9-7-19(25)8-10-20)14-26-23(27-16)18-11-12-29(15-18)22(30)13-17-5-3-2-4-6-17/h2-10,14,18H,11-13,15H2,1H3,(H,28,31). The van der Waals surface area contributed by atoms with E-state index in [1.165, 1.54) is 0 Å². The molecular formula is C24H23ClN4O2. The van der Waals surface area contributed by atoms with Gasteiger partial charge in [0.05, 0.1) is 17.7 Å². The minimum atomic E-state index is -0.266. The van der Waals surface area contributed by atoms with E-state index in [0.29, 0.717) is 47.3 Å². The minimum Gasteiger partial charge on any atom is -0.342 e. The molecule has 1 aliphatic rings. The highest BCUT2D eigenvalue weighted by molar-refractivity contribution is 6.30. The Morgan fingerprint density at radius 1 is 1.13 bits per heavy atom. The summed E-state index contributed by atoms with van der Waals surface area (Å²) in [6, 6.07) is 16.7. The van der Waals surface area contributed by atoms with Crippen LogP contribution in [-0.4, -0.2) is 39.8 Å². The first kappa shape index (κ1) is 21.0. The van der Waals surface area contributed by atoms with Crippen molar-refractivity contribution < 1.29 is 9.59 Å². The van der Waals surface area contributed by atoms with Crippen LogP contribution in [0, 0.1) is 6.92 Å². The number of aryl methyl sites for hydroxylation is 1. The van der Waals surface area contributed by atoms with Crippen molar-refractivity contribution in [3.05, 3.63) is 88.5 Å². The summed E-state index contributed by atoms with van der Waals surface area (Å²) in [6.45, 7) is 3.09. The molecule has 0 aliphatic carbocycles. The predicted octanol–water partition coefficient (Wildman–Crippen LogP) is 4.25. The molecule has 1 aromatic heterocycles. The summed E-state index contributed by atoms with van der Waals surface area (Å²) in [5.41, 5.74) is 2.71. The Balaban J connectivity index is 1.39. The fraction of sp³-hybridized carbons (Fsp3) is 0.250.